The molecule has 88 valence electrons. The van der Waals surface area contributed by atoms with Crippen LogP contribution in [0.3, 0.4) is 0 Å². The highest BCUT2D eigenvalue weighted by molar-refractivity contribution is 5.90. The molecule has 1 N–H and O–H groups in total. The van der Waals surface area contributed by atoms with Crippen LogP contribution in [-0.4, -0.2) is 20.7 Å². The Balaban J connectivity index is 2.23. The number of nitrogens with zero attached hydrogens (tertiary/aromatic N) is 2. The van der Waals surface area contributed by atoms with E-state index < -0.39 is 5.97 Å². The van der Waals surface area contributed by atoms with Crippen LogP contribution in [0.5, 0.6) is 0 Å². The second kappa shape index (κ2) is 4.00. The number of benzene rings is 1. The van der Waals surface area contributed by atoms with Crippen LogP contribution in [0.15, 0.2) is 54.9 Å². The number of fused-ring (bicyclic) bond motifs is 1. The molecule has 0 saturated carbocycles. The van der Waals surface area contributed by atoms with E-state index in [1.54, 1.807) is 28.9 Å². The molecule has 0 aliphatic heterocycles. The number of pyridine rings is 1. The quantitative estimate of drug-likeness (QED) is 0.746. The van der Waals surface area contributed by atoms with E-state index in [0.29, 0.717) is 0 Å². The largest absolute Gasteiger partial charge is 0.478 e. The third-order valence-electron chi connectivity index (χ3n) is 2.86. The Morgan fingerprint density at radius 3 is 2.89 bits per heavy atom. The molecule has 4 nitrogen and oxygen atoms in total. The molecule has 0 unspecified atom stereocenters. The Morgan fingerprint density at radius 2 is 2.06 bits per heavy atom. The van der Waals surface area contributed by atoms with E-state index >= 15 is 0 Å². The van der Waals surface area contributed by atoms with Gasteiger partial charge < -0.3 is 5.11 Å². The molecule has 3 aromatic rings. The normalized spacial score (nSPS) is 10.7. The highest BCUT2D eigenvalue weighted by Crippen LogP contribution is 2.24. The first kappa shape index (κ1) is 10.5. The second-order valence-electron chi connectivity index (χ2n) is 3.97. The number of hydrogen-bond acceptors (Lipinski definition) is 2. The van der Waals surface area contributed by atoms with E-state index in [0.717, 1.165) is 16.6 Å². The summed E-state index contributed by atoms with van der Waals surface area (Å²) in [6.07, 6.45) is 3.58. The molecule has 0 saturated heterocycles. The van der Waals surface area contributed by atoms with Crippen molar-refractivity contribution < 1.29 is 9.90 Å². The third kappa shape index (κ3) is 1.64. The predicted molar refractivity (Wildman–Crippen MR) is 67.6 cm³/mol. The molecule has 0 amide bonds. The molecule has 0 fully saturated rings. The summed E-state index contributed by atoms with van der Waals surface area (Å²) in [6.45, 7) is 0. The Bertz CT molecular complexity index is 731. The number of carbonyl (C=O) groups is 1. The van der Waals surface area contributed by atoms with Crippen molar-refractivity contribution in [2.24, 2.45) is 0 Å². The molecule has 0 radical (unpaired) electrons. The first-order valence-electron chi connectivity index (χ1n) is 5.52. The van der Waals surface area contributed by atoms with Crippen LogP contribution in [0.25, 0.3) is 16.6 Å². The van der Waals surface area contributed by atoms with E-state index in [9.17, 15) is 4.79 Å². The molecular weight excluding hydrogens is 228 g/mol. The molecule has 18 heavy (non-hydrogen) atoms. The minimum atomic E-state index is -0.919. The van der Waals surface area contributed by atoms with Gasteiger partial charge in [0.1, 0.15) is 0 Å². The standard InChI is InChI=1S/C14H10N2O2/c17-14(18)11-4-1-3-10(9-11)12-5-2-8-16-13(12)6-7-15-16/h1-9H,(H,17,18). The fraction of sp³-hybridized carbons (Fsp3) is 0. The smallest absolute Gasteiger partial charge is 0.335 e. The number of carboxylic acids is 1. The minimum absolute atomic E-state index is 0.286. The van der Waals surface area contributed by atoms with Crippen molar-refractivity contribution in [1.82, 2.24) is 9.61 Å². The molecule has 0 aliphatic rings. The lowest BCUT2D eigenvalue weighted by molar-refractivity contribution is 0.0697. The summed E-state index contributed by atoms with van der Waals surface area (Å²) in [4.78, 5) is 11.0. The highest BCUT2D eigenvalue weighted by Gasteiger charge is 2.07. The van der Waals surface area contributed by atoms with Crippen LogP contribution in [0, 0.1) is 0 Å². The average molecular weight is 238 g/mol. The van der Waals surface area contributed by atoms with Crippen molar-refractivity contribution in [1.29, 1.82) is 0 Å². The van der Waals surface area contributed by atoms with Crippen molar-refractivity contribution in [3.05, 3.63) is 60.4 Å². The van der Waals surface area contributed by atoms with E-state index in [-0.39, 0.29) is 5.56 Å². The zero-order valence-corrected chi connectivity index (χ0v) is 9.45. The van der Waals surface area contributed by atoms with Gasteiger partial charge in [-0.25, -0.2) is 9.31 Å². The maximum atomic E-state index is 11.0. The van der Waals surface area contributed by atoms with E-state index in [1.807, 2.05) is 30.5 Å². The second-order valence-corrected chi connectivity index (χ2v) is 3.97. The molecule has 0 aliphatic carbocycles. The van der Waals surface area contributed by atoms with Crippen molar-refractivity contribution in [2.75, 3.05) is 0 Å². The van der Waals surface area contributed by atoms with Gasteiger partial charge in [0, 0.05) is 18.0 Å². The van der Waals surface area contributed by atoms with Gasteiger partial charge in [0.25, 0.3) is 0 Å². The van der Waals surface area contributed by atoms with Crippen LogP contribution < -0.4 is 0 Å². The van der Waals surface area contributed by atoms with Gasteiger partial charge in [-0.2, -0.15) is 5.10 Å². The predicted octanol–water partition coefficient (Wildman–Crippen LogP) is 2.70. The number of aromatic carboxylic acids is 1. The average Bonchev–Trinajstić information content (AvgIpc) is 2.87. The maximum Gasteiger partial charge on any atom is 0.335 e. The van der Waals surface area contributed by atoms with E-state index in [4.69, 9.17) is 5.11 Å². The molecule has 2 aromatic heterocycles. The molecule has 1 aromatic carbocycles. The molecule has 0 atom stereocenters. The maximum absolute atomic E-state index is 11.0. The Morgan fingerprint density at radius 1 is 1.17 bits per heavy atom. The Labute approximate surface area is 103 Å². The Kier molecular flexibility index (Phi) is 2.34. The van der Waals surface area contributed by atoms with Crippen LogP contribution >= 0.6 is 0 Å². The van der Waals surface area contributed by atoms with Gasteiger partial charge in [-0.15, -0.1) is 0 Å². The van der Waals surface area contributed by atoms with Crippen molar-refractivity contribution in [3.63, 3.8) is 0 Å². The van der Waals surface area contributed by atoms with E-state index in [1.165, 1.54) is 0 Å². The number of rotatable bonds is 2. The fourth-order valence-corrected chi connectivity index (χ4v) is 2.02. The zero-order valence-electron chi connectivity index (χ0n) is 9.45. The summed E-state index contributed by atoms with van der Waals surface area (Å²) in [5.74, 6) is -0.919. The lowest BCUT2D eigenvalue weighted by Crippen LogP contribution is -1.96. The van der Waals surface area contributed by atoms with Crippen molar-refractivity contribution >= 4 is 11.5 Å². The van der Waals surface area contributed by atoms with Crippen molar-refractivity contribution in [3.8, 4) is 11.1 Å². The first-order chi connectivity index (χ1) is 8.75. The van der Waals surface area contributed by atoms with Crippen LogP contribution in [0.2, 0.25) is 0 Å². The summed E-state index contributed by atoms with van der Waals surface area (Å²) in [7, 11) is 0. The van der Waals surface area contributed by atoms with Gasteiger partial charge in [-0.1, -0.05) is 18.2 Å². The van der Waals surface area contributed by atoms with Gasteiger partial charge in [-0.05, 0) is 29.8 Å². The number of carboxylic acid groups (broad SMARTS) is 1. The third-order valence-corrected chi connectivity index (χ3v) is 2.86. The van der Waals surface area contributed by atoms with Crippen LogP contribution in [0.4, 0.5) is 0 Å². The monoisotopic (exact) mass is 238 g/mol. The summed E-state index contributed by atoms with van der Waals surface area (Å²) < 4.78 is 1.77. The van der Waals surface area contributed by atoms with Crippen molar-refractivity contribution in [2.45, 2.75) is 0 Å². The highest BCUT2D eigenvalue weighted by atomic mass is 16.4. The fourth-order valence-electron chi connectivity index (χ4n) is 2.02. The number of hydrogen-bond donors (Lipinski definition) is 1. The van der Waals surface area contributed by atoms with Crippen LogP contribution in [-0.2, 0) is 0 Å². The summed E-state index contributed by atoms with van der Waals surface area (Å²) >= 11 is 0. The van der Waals surface area contributed by atoms with Gasteiger partial charge in [-0.3, -0.25) is 0 Å². The van der Waals surface area contributed by atoms with Gasteiger partial charge in [0.05, 0.1) is 11.1 Å². The van der Waals surface area contributed by atoms with Gasteiger partial charge in [0.2, 0.25) is 0 Å². The lowest BCUT2D eigenvalue weighted by atomic mass is 10.0. The SMILES string of the molecule is O=C(O)c1cccc(-c2cccn3nccc23)c1. The minimum Gasteiger partial charge on any atom is -0.478 e. The molecular formula is C14H10N2O2. The zero-order chi connectivity index (χ0) is 12.5. The van der Waals surface area contributed by atoms with Gasteiger partial charge in [0.15, 0.2) is 0 Å². The van der Waals surface area contributed by atoms with Gasteiger partial charge >= 0.3 is 5.97 Å². The lowest BCUT2D eigenvalue weighted by Gasteiger charge is -2.05. The topological polar surface area (TPSA) is 54.6 Å². The first-order valence-corrected chi connectivity index (χ1v) is 5.52. The molecule has 2 heterocycles. The molecule has 3 rings (SSSR count). The molecule has 0 spiro atoms. The summed E-state index contributed by atoms with van der Waals surface area (Å²) in [6, 6.07) is 12.7. The van der Waals surface area contributed by atoms with Crippen LogP contribution in [0.1, 0.15) is 10.4 Å². The van der Waals surface area contributed by atoms with E-state index in [2.05, 4.69) is 5.10 Å². The molecule has 0 bridgehead atoms. The molecule has 4 heteroatoms. The summed E-state index contributed by atoms with van der Waals surface area (Å²) in [5.41, 5.74) is 3.09. The Hall–Kier alpha value is -2.62. The summed E-state index contributed by atoms with van der Waals surface area (Å²) in [5, 5.41) is 13.2. The number of aromatic nitrogens is 2.